The van der Waals surface area contributed by atoms with Gasteiger partial charge in [-0.25, -0.2) is 0 Å². The zero-order valence-corrected chi connectivity index (χ0v) is 15.8. The van der Waals surface area contributed by atoms with Crippen LogP contribution in [0.15, 0.2) is 65.1 Å². The molecule has 0 fully saturated rings. The summed E-state index contributed by atoms with van der Waals surface area (Å²) in [5, 5.41) is 0. The number of hydrazine groups is 1. The van der Waals surface area contributed by atoms with Crippen LogP contribution in [-0.4, -0.2) is 36.3 Å². The lowest BCUT2D eigenvalue weighted by molar-refractivity contribution is -0.122. The molecule has 26 heavy (non-hydrogen) atoms. The molecule has 0 atom stereocenters. The Kier molecular flexibility index (Phi) is 6.20. The second-order valence-corrected chi connectivity index (χ2v) is 6.92. The minimum Gasteiger partial charge on any atom is -0.290 e. The number of nitrogens with one attached hydrogen (secondary N) is 2. The molecule has 0 saturated heterocycles. The summed E-state index contributed by atoms with van der Waals surface area (Å²) in [6.07, 6.45) is 3.06. The van der Waals surface area contributed by atoms with E-state index in [-0.39, 0.29) is 18.4 Å². The van der Waals surface area contributed by atoms with Crippen molar-refractivity contribution in [2.24, 2.45) is 0 Å². The van der Waals surface area contributed by atoms with Crippen LogP contribution in [0.2, 0.25) is 0 Å². The molecule has 2 aromatic rings. The number of nitrogens with zero attached hydrogens (tertiary/aromatic N) is 1. The molecule has 0 aromatic heterocycles. The minimum atomic E-state index is -0.351. The van der Waals surface area contributed by atoms with Crippen molar-refractivity contribution in [1.29, 1.82) is 0 Å². The van der Waals surface area contributed by atoms with Gasteiger partial charge in [0.1, 0.15) is 0 Å². The summed E-state index contributed by atoms with van der Waals surface area (Å²) < 4.78 is 0.682. The van der Waals surface area contributed by atoms with Crippen molar-refractivity contribution in [3.05, 3.63) is 76.3 Å². The number of hydrogen-bond donors (Lipinski definition) is 2. The van der Waals surface area contributed by atoms with Crippen LogP contribution in [0.1, 0.15) is 22.3 Å². The summed E-state index contributed by atoms with van der Waals surface area (Å²) >= 11 is 3.32. The van der Waals surface area contributed by atoms with Crippen LogP contribution in [0.3, 0.4) is 0 Å². The van der Waals surface area contributed by atoms with Crippen molar-refractivity contribution in [3.8, 4) is 0 Å². The molecule has 2 amide bonds. The number of carbonyl (C=O) groups is 2. The minimum absolute atomic E-state index is 0.234. The Bertz CT molecular complexity index is 821. The molecule has 6 heteroatoms. The van der Waals surface area contributed by atoms with Crippen molar-refractivity contribution in [2.75, 3.05) is 19.6 Å². The largest absolute Gasteiger partial charge is 0.290 e. The van der Waals surface area contributed by atoms with Gasteiger partial charge in [-0.05, 0) is 45.6 Å². The molecular weight excluding hydrogens is 394 g/mol. The topological polar surface area (TPSA) is 61.4 Å². The molecule has 0 bridgehead atoms. The maximum Gasteiger partial charge on any atom is 0.270 e. The van der Waals surface area contributed by atoms with E-state index in [4.69, 9.17) is 0 Å². The number of rotatable bonds is 4. The zero-order valence-electron chi connectivity index (χ0n) is 14.2. The van der Waals surface area contributed by atoms with E-state index in [2.05, 4.69) is 45.0 Å². The molecule has 0 aliphatic carbocycles. The zero-order chi connectivity index (χ0) is 18.4. The van der Waals surface area contributed by atoms with E-state index in [9.17, 15) is 9.59 Å². The highest BCUT2D eigenvalue weighted by Gasteiger charge is 2.16. The molecule has 2 N–H and O–H groups in total. The van der Waals surface area contributed by atoms with E-state index in [1.165, 1.54) is 11.1 Å². The SMILES string of the molecule is O=C(CN1CC=C(c2ccccc2)CC1)NNC(=O)c1ccccc1Br. The highest BCUT2D eigenvalue weighted by molar-refractivity contribution is 9.10. The molecule has 3 rings (SSSR count). The average Bonchev–Trinajstić information content (AvgIpc) is 2.68. The average molecular weight is 414 g/mol. The van der Waals surface area contributed by atoms with Crippen LogP contribution < -0.4 is 10.9 Å². The highest BCUT2D eigenvalue weighted by atomic mass is 79.9. The van der Waals surface area contributed by atoms with E-state index in [0.717, 1.165) is 19.5 Å². The van der Waals surface area contributed by atoms with Gasteiger partial charge >= 0.3 is 0 Å². The molecule has 0 unspecified atom stereocenters. The van der Waals surface area contributed by atoms with Gasteiger partial charge in [-0.15, -0.1) is 0 Å². The van der Waals surface area contributed by atoms with Crippen molar-refractivity contribution < 1.29 is 9.59 Å². The lowest BCUT2D eigenvalue weighted by Crippen LogP contribution is -2.47. The van der Waals surface area contributed by atoms with E-state index < -0.39 is 0 Å². The number of halogens is 1. The van der Waals surface area contributed by atoms with Crippen molar-refractivity contribution in [2.45, 2.75) is 6.42 Å². The monoisotopic (exact) mass is 413 g/mol. The number of amides is 2. The third kappa shape index (κ3) is 4.80. The fraction of sp³-hybridized carbons (Fsp3) is 0.200. The highest BCUT2D eigenvalue weighted by Crippen LogP contribution is 2.21. The van der Waals surface area contributed by atoms with E-state index >= 15 is 0 Å². The Balaban J connectivity index is 1.47. The third-order valence-electron chi connectivity index (χ3n) is 4.24. The number of carbonyl (C=O) groups excluding carboxylic acids is 2. The van der Waals surface area contributed by atoms with Crippen LogP contribution in [0, 0.1) is 0 Å². The van der Waals surface area contributed by atoms with Gasteiger partial charge in [0.25, 0.3) is 11.8 Å². The van der Waals surface area contributed by atoms with Crippen LogP contribution >= 0.6 is 15.9 Å². The fourth-order valence-corrected chi connectivity index (χ4v) is 3.32. The van der Waals surface area contributed by atoms with Crippen LogP contribution in [0.4, 0.5) is 0 Å². The maximum atomic E-state index is 12.1. The summed E-state index contributed by atoms with van der Waals surface area (Å²) in [4.78, 5) is 26.2. The van der Waals surface area contributed by atoms with Crippen LogP contribution in [-0.2, 0) is 4.79 Å². The van der Waals surface area contributed by atoms with Gasteiger partial charge in [0.05, 0.1) is 12.1 Å². The Labute approximate surface area is 161 Å². The normalized spacial score (nSPS) is 14.4. The van der Waals surface area contributed by atoms with E-state index in [1.807, 2.05) is 29.2 Å². The second-order valence-electron chi connectivity index (χ2n) is 6.06. The Morgan fingerprint density at radius 1 is 1.00 bits per heavy atom. The Hall–Kier alpha value is -2.44. The molecule has 1 aliphatic rings. The lowest BCUT2D eigenvalue weighted by atomic mass is 10.00. The maximum absolute atomic E-state index is 12.1. The Morgan fingerprint density at radius 3 is 2.42 bits per heavy atom. The summed E-state index contributed by atoms with van der Waals surface area (Å²) in [6, 6.07) is 17.3. The van der Waals surface area contributed by atoms with Crippen LogP contribution in [0.5, 0.6) is 0 Å². The molecule has 1 aliphatic heterocycles. The lowest BCUT2D eigenvalue weighted by Gasteiger charge is -2.25. The van der Waals surface area contributed by atoms with Gasteiger partial charge in [0.2, 0.25) is 0 Å². The number of hydrogen-bond acceptors (Lipinski definition) is 3. The standard InChI is InChI=1S/C20H20BrN3O2/c21-18-9-5-4-8-17(18)20(26)23-22-19(25)14-24-12-10-16(11-13-24)15-6-2-1-3-7-15/h1-10H,11-14H2,(H,22,25)(H,23,26). The van der Waals surface area contributed by atoms with Gasteiger partial charge in [-0.2, -0.15) is 0 Å². The molecular formula is C20H20BrN3O2. The quantitative estimate of drug-likeness (QED) is 0.757. The summed E-state index contributed by atoms with van der Waals surface area (Å²) in [5.74, 6) is -0.585. The van der Waals surface area contributed by atoms with Gasteiger partial charge in [-0.1, -0.05) is 48.5 Å². The second kappa shape index (κ2) is 8.78. The molecule has 0 spiro atoms. The Morgan fingerprint density at radius 2 is 1.73 bits per heavy atom. The first-order valence-corrected chi connectivity index (χ1v) is 9.23. The van der Waals surface area contributed by atoms with Gasteiger partial charge in [0.15, 0.2) is 0 Å². The number of benzene rings is 2. The molecule has 0 radical (unpaired) electrons. The van der Waals surface area contributed by atoms with E-state index in [1.54, 1.807) is 18.2 Å². The van der Waals surface area contributed by atoms with Crippen molar-refractivity contribution in [3.63, 3.8) is 0 Å². The molecule has 0 saturated carbocycles. The van der Waals surface area contributed by atoms with Gasteiger partial charge < -0.3 is 0 Å². The molecule has 5 nitrogen and oxygen atoms in total. The van der Waals surface area contributed by atoms with Crippen LogP contribution in [0.25, 0.3) is 5.57 Å². The summed E-state index contributed by atoms with van der Waals surface area (Å²) in [7, 11) is 0. The van der Waals surface area contributed by atoms with Gasteiger partial charge in [-0.3, -0.25) is 25.3 Å². The molecule has 134 valence electrons. The smallest absolute Gasteiger partial charge is 0.270 e. The fourth-order valence-electron chi connectivity index (χ4n) is 2.85. The predicted octanol–water partition coefficient (Wildman–Crippen LogP) is 3.00. The first-order chi connectivity index (χ1) is 12.6. The molecule has 2 aromatic carbocycles. The molecule has 1 heterocycles. The van der Waals surface area contributed by atoms with Crippen molar-refractivity contribution >= 4 is 33.3 Å². The van der Waals surface area contributed by atoms with E-state index in [0.29, 0.717) is 10.0 Å². The first kappa shape index (κ1) is 18.4. The third-order valence-corrected chi connectivity index (χ3v) is 4.93. The first-order valence-electron chi connectivity index (χ1n) is 8.44. The predicted molar refractivity (Wildman–Crippen MR) is 105 cm³/mol. The summed E-state index contributed by atoms with van der Waals surface area (Å²) in [5.41, 5.74) is 7.95. The van der Waals surface area contributed by atoms with Gasteiger partial charge in [0, 0.05) is 17.6 Å². The van der Waals surface area contributed by atoms with Crippen molar-refractivity contribution in [1.82, 2.24) is 15.8 Å². The summed E-state index contributed by atoms with van der Waals surface area (Å²) in [6.45, 7) is 1.77.